The SMILES string of the molecule is CNC(=O)CCN1C[C@H](NC(=O)c2ccc(COC)o2)[C@@H](C(C)C)C1. The van der Waals surface area contributed by atoms with Crippen LogP contribution in [0.3, 0.4) is 0 Å². The second-order valence-electron chi connectivity index (χ2n) is 6.87. The molecule has 1 aliphatic rings. The van der Waals surface area contributed by atoms with Crippen LogP contribution in [0, 0.1) is 11.8 Å². The van der Waals surface area contributed by atoms with E-state index in [4.69, 9.17) is 9.15 Å². The maximum Gasteiger partial charge on any atom is 0.287 e. The fraction of sp³-hybridized carbons (Fsp3) is 0.667. The summed E-state index contributed by atoms with van der Waals surface area (Å²) in [6.45, 7) is 7.00. The zero-order valence-electron chi connectivity index (χ0n) is 15.5. The predicted molar refractivity (Wildman–Crippen MR) is 94.1 cm³/mol. The van der Waals surface area contributed by atoms with Crippen LogP contribution in [-0.2, 0) is 16.1 Å². The lowest BCUT2D eigenvalue weighted by molar-refractivity contribution is -0.120. The summed E-state index contributed by atoms with van der Waals surface area (Å²) in [5, 5.41) is 5.74. The van der Waals surface area contributed by atoms with E-state index in [0.717, 1.165) is 13.1 Å². The van der Waals surface area contributed by atoms with Crippen LogP contribution in [0.25, 0.3) is 0 Å². The van der Waals surface area contributed by atoms with Crippen molar-refractivity contribution in [1.82, 2.24) is 15.5 Å². The van der Waals surface area contributed by atoms with Crippen molar-refractivity contribution in [2.45, 2.75) is 32.9 Å². The molecule has 0 unspecified atom stereocenters. The van der Waals surface area contributed by atoms with Crippen LogP contribution in [0.2, 0.25) is 0 Å². The molecule has 140 valence electrons. The van der Waals surface area contributed by atoms with Gasteiger partial charge < -0.3 is 24.7 Å². The van der Waals surface area contributed by atoms with Crippen molar-refractivity contribution in [2.24, 2.45) is 11.8 Å². The van der Waals surface area contributed by atoms with Gasteiger partial charge in [0.15, 0.2) is 5.76 Å². The van der Waals surface area contributed by atoms with Crippen molar-refractivity contribution in [3.05, 3.63) is 23.7 Å². The van der Waals surface area contributed by atoms with Crippen molar-refractivity contribution in [1.29, 1.82) is 0 Å². The Bertz CT molecular complexity index is 585. The van der Waals surface area contributed by atoms with Crippen LogP contribution in [0.15, 0.2) is 16.5 Å². The van der Waals surface area contributed by atoms with Crippen LogP contribution >= 0.6 is 0 Å². The van der Waals surface area contributed by atoms with E-state index < -0.39 is 0 Å². The Labute approximate surface area is 149 Å². The fourth-order valence-corrected chi connectivity index (χ4v) is 3.27. The van der Waals surface area contributed by atoms with E-state index in [-0.39, 0.29) is 17.9 Å². The quantitative estimate of drug-likeness (QED) is 0.736. The van der Waals surface area contributed by atoms with Crippen molar-refractivity contribution < 1.29 is 18.7 Å². The molecule has 25 heavy (non-hydrogen) atoms. The van der Waals surface area contributed by atoms with Gasteiger partial charge >= 0.3 is 0 Å². The van der Waals surface area contributed by atoms with Gasteiger partial charge in [0.2, 0.25) is 5.91 Å². The van der Waals surface area contributed by atoms with Gasteiger partial charge in [-0.1, -0.05) is 13.8 Å². The monoisotopic (exact) mass is 351 g/mol. The third-order valence-corrected chi connectivity index (χ3v) is 4.72. The van der Waals surface area contributed by atoms with Gasteiger partial charge in [-0.05, 0) is 24.0 Å². The summed E-state index contributed by atoms with van der Waals surface area (Å²) < 4.78 is 10.5. The largest absolute Gasteiger partial charge is 0.453 e. The molecule has 1 aromatic heterocycles. The molecule has 7 nitrogen and oxygen atoms in total. The number of ether oxygens (including phenoxy) is 1. The molecule has 1 saturated heterocycles. The number of methoxy groups -OCH3 is 1. The molecule has 7 heteroatoms. The first-order valence-corrected chi connectivity index (χ1v) is 8.76. The summed E-state index contributed by atoms with van der Waals surface area (Å²) in [5.41, 5.74) is 0. The molecule has 1 fully saturated rings. The standard InChI is InChI=1S/C18H29N3O4/c1-12(2)14-9-21(8-7-17(22)19-3)10-15(14)20-18(23)16-6-5-13(25-16)11-24-4/h5-6,12,14-15H,7-11H2,1-4H3,(H,19,22)(H,20,23)/t14-,15+/m1/s1. The maximum absolute atomic E-state index is 12.5. The number of likely N-dealkylation sites (tertiary alicyclic amines) is 1. The molecule has 2 heterocycles. The topological polar surface area (TPSA) is 83.8 Å². The van der Waals surface area contributed by atoms with Crippen LogP contribution < -0.4 is 10.6 Å². The third-order valence-electron chi connectivity index (χ3n) is 4.72. The van der Waals surface area contributed by atoms with E-state index in [1.54, 1.807) is 26.3 Å². The van der Waals surface area contributed by atoms with E-state index in [1.807, 2.05) is 0 Å². The number of furan rings is 1. The molecule has 2 N–H and O–H groups in total. The van der Waals surface area contributed by atoms with Gasteiger partial charge in [-0.25, -0.2) is 0 Å². The molecule has 0 aromatic carbocycles. The molecule has 0 saturated carbocycles. The van der Waals surface area contributed by atoms with Gasteiger partial charge in [0.25, 0.3) is 5.91 Å². The minimum atomic E-state index is -0.203. The first kappa shape index (κ1) is 19.5. The highest BCUT2D eigenvalue weighted by Gasteiger charge is 2.36. The lowest BCUT2D eigenvalue weighted by Gasteiger charge is -2.22. The molecule has 1 aromatic rings. The smallest absolute Gasteiger partial charge is 0.287 e. The Morgan fingerprint density at radius 3 is 2.76 bits per heavy atom. The van der Waals surface area contributed by atoms with Crippen LogP contribution in [0.5, 0.6) is 0 Å². The number of nitrogens with one attached hydrogen (secondary N) is 2. The van der Waals surface area contributed by atoms with Crippen molar-refractivity contribution in [2.75, 3.05) is 33.8 Å². The number of carbonyl (C=O) groups excluding carboxylic acids is 2. The minimum Gasteiger partial charge on any atom is -0.453 e. The van der Waals surface area contributed by atoms with Gasteiger partial charge in [0, 0.05) is 46.3 Å². The molecule has 1 aliphatic heterocycles. The summed E-state index contributed by atoms with van der Waals surface area (Å²) in [6.07, 6.45) is 0.473. The summed E-state index contributed by atoms with van der Waals surface area (Å²) in [5.74, 6) is 1.56. The van der Waals surface area contributed by atoms with Gasteiger partial charge in [-0.15, -0.1) is 0 Å². The van der Waals surface area contributed by atoms with E-state index in [2.05, 4.69) is 29.4 Å². The summed E-state index contributed by atoms with van der Waals surface area (Å²) >= 11 is 0. The average Bonchev–Trinajstić information content (AvgIpc) is 3.20. The van der Waals surface area contributed by atoms with Crippen molar-refractivity contribution >= 4 is 11.8 Å². The summed E-state index contributed by atoms with van der Waals surface area (Å²) in [7, 11) is 3.23. The zero-order chi connectivity index (χ0) is 18.4. The molecule has 2 amide bonds. The van der Waals surface area contributed by atoms with Crippen molar-refractivity contribution in [3.8, 4) is 0 Å². The van der Waals surface area contributed by atoms with Gasteiger partial charge in [-0.2, -0.15) is 0 Å². The maximum atomic E-state index is 12.5. The summed E-state index contributed by atoms with van der Waals surface area (Å²) in [4.78, 5) is 26.2. The molecule has 2 rings (SSSR count). The van der Waals surface area contributed by atoms with E-state index in [1.165, 1.54) is 0 Å². The van der Waals surface area contributed by atoms with E-state index in [0.29, 0.717) is 42.9 Å². The number of carbonyl (C=O) groups is 2. The van der Waals surface area contributed by atoms with Crippen LogP contribution in [-0.4, -0.2) is 56.5 Å². The van der Waals surface area contributed by atoms with E-state index in [9.17, 15) is 9.59 Å². The Morgan fingerprint density at radius 1 is 1.36 bits per heavy atom. The fourth-order valence-electron chi connectivity index (χ4n) is 3.27. The highest BCUT2D eigenvalue weighted by atomic mass is 16.5. The molecular weight excluding hydrogens is 322 g/mol. The second kappa shape index (κ2) is 9.01. The number of amides is 2. The lowest BCUT2D eigenvalue weighted by Crippen LogP contribution is -2.42. The third kappa shape index (κ3) is 5.31. The highest BCUT2D eigenvalue weighted by Crippen LogP contribution is 2.25. The number of hydrogen-bond donors (Lipinski definition) is 2. The highest BCUT2D eigenvalue weighted by molar-refractivity contribution is 5.91. The molecule has 0 radical (unpaired) electrons. The number of hydrogen-bond acceptors (Lipinski definition) is 5. The second-order valence-corrected chi connectivity index (χ2v) is 6.87. The lowest BCUT2D eigenvalue weighted by atomic mass is 9.91. The average molecular weight is 351 g/mol. The Morgan fingerprint density at radius 2 is 2.12 bits per heavy atom. The summed E-state index contributed by atoms with van der Waals surface area (Å²) in [6, 6.07) is 3.47. The first-order valence-electron chi connectivity index (χ1n) is 8.76. The zero-order valence-corrected chi connectivity index (χ0v) is 15.5. The van der Waals surface area contributed by atoms with Gasteiger partial charge in [0.05, 0.1) is 0 Å². The predicted octanol–water partition coefficient (Wildman–Crippen LogP) is 1.25. The van der Waals surface area contributed by atoms with Crippen LogP contribution in [0.4, 0.5) is 0 Å². The first-order chi connectivity index (χ1) is 11.9. The molecule has 0 aliphatic carbocycles. The Kier molecular flexibility index (Phi) is 7.01. The Hall–Kier alpha value is -1.86. The minimum absolute atomic E-state index is 0.0369. The van der Waals surface area contributed by atoms with Gasteiger partial charge in [-0.3, -0.25) is 9.59 Å². The Balaban J connectivity index is 1.95. The number of rotatable bonds is 8. The molecular formula is C18H29N3O4. The van der Waals surface area contributed by atoms with Gasteiger partial charge in [0.1, 0.15) is 12.4 Å². The molecule has 2 atom stereocenters. The normalized spacial score (nSPS) is 20.8. The van der Waals surface area contributed by atoms with Crippen LogP contribution in [0.1, 0.15) is 36.6 Å². The van der Waals surface area contributed by atoms with Crippen molar-refractivity contribution in [3.63, 3.8) is 0 Å². The molecule has 0 spiro atoms. The molecule has 0 bridgehead atoms. The van der Waals surface area contributed by atoms with E-state index >= 15 is 0 Å². The number of nitrogens with zero attached hydrogens (tertiary/aromatic N) is 1.